The average molecular weight is 343 g/mol. The number of fused-ring (bicyclic) bond motifs is 3. The minimum Gasteiger partial charge on any atom is -0.496 e. The van der Waals surface area contributed by atoms with E-state index < -0.39 is 23.8 Å². The van der Waals surface area contributed by atoms with Crippen LogP contribution in [-0.4, -0.2) is 48.2 Å². The summed E-state index contributed by atoms with van der Waals surface area (Å²) in [6, 6.07) is 0.812. The lowest BCUT2D eigenvalue weighted by Gasteiger charge is -2.28. The predicted octanol–water partition coefficient (Wildman–Crippen LogP) is -0.258. The Bertz CT molecular complexity index is 832. The van der Waals surface area contributed by atoms with E-state index in [2.05, 4.69) is 10.6 Å². The van der Waals surface area contributed by atoms with Crippen molar-refractivity contribution in [1.82, 2.24) is 15.5 Å². The third-order valence-corrected chi connectivity index (χ3v) is 4.97. The molecule has 1 aromatic rings. The largest absolute Gasteiger partial charge is 0.496 e. The molecular weight excluding hydrogens is 326 g/mol. The van der Waals surface area contributed by atoms with E-state index in [4.69, 9.17) is 4.74 Å². The van der Waals surface area contributed by atoms with Gasteiger partial charge in [0.15, 0.2) is 0 Å². The maximum absolute atomic E-state index is 13.0. The maximum atomic E-state index is 13.0. The second-order valence-corrected chi connectivity index (χ2v) is 6.34. The molecular formula is C17H17N3O5. The van der Waals surface area contributed by atoms with E-state index in [0.29, 0.717) is 30.8 Å². The second-order valence-electron chi connectivity index (χ2n) is 6.34. The molecule has 0 aliphatic carbocycles. The van der Waals surface area contributed by atoms with Crippen LogP contribution in [0, 0.1) is 0 Å². The number of carbonyl (C=O) groups is 4. The Morgan fingerprint density at radius 1 is 1.12 bits per heavy atom. The molecule has 25 heavy (non-hydrogen) atoms. The van der Waals surface area contributed by atoms with Gasteiger partial charge in [-0.05, 0) is 36.6 Å². The average Bonchev–Trinajstić information content (AvgIpc) is 2.86. The van der Waals surface area contributed by atoms with E-state index in [0.717, 1.165) is 16.0 Å². The molecule has 0 saturated carbocycles. The summed E-state index contributed by atoms with van der Waals surface area (Å²) < 4.78 is 5.34. The molecule has 8 nitrogen and oxygen atoms in total. The Labute approximate surface area is 143 Å². The normalized spacial score (nSPS) is 22.6. The van der Waals surface area contributed by atoms with Crippen molar-refractivity contribution in [3.05, 3.63) is 28.3 Å². The summed E-state index contributed by atoms with van der Waals surface area (Å²) in [6.07, 6.45) is 0.870. The molecule has 0 aromatic heterocycles. The summed E-state index contributed by atoms with van der Waals surface area (Å²) in [6.45, 7) is 1.31. The number of rotatable bonds is 2. The molecule has 1 aromatic carbocycles. The van der Waals surface area contributed by atoms with Crippen molar-refractivity contribution in [2.75, 3.05) is 13.7 Å². The highest BCUT2D eigenvalue weighted by atomic mass is 16.5. The summed E-state index contributed by atoms with van der Waals surface area (Å²) >= 11 is 0. The van der Waals surface area contributed by atoms with Gasteiger partial charge in [-0.2, -0.15) is 0 Å². The van der Waals surface area contributed by atoms with Crippen molar-refractivity contribution in [1.29, 1.82) is 0 Å². The van der Waals surface area contributed by atoms with Crippen LogP contribution in [-0.2, 0) is 22.6 Å². The van der Waals surface area contributed by atoms with Crippen LogP contribution in [0.25, 0.3) is 0 Å². The number of benzene rings is 1. The van der Waals surface area contributed by atoms with Crippen molar-refractivity contribution >= 4 is 23.6 Å². The van der Waals surface area contributed by atoms with Crippen molar-refractivity contribution in [2.24, 2.45) is 0 Å². The lowest BCUT2D eigenvalue weighted by molar-refractivity contribution is -0.136. The molecule has 1 unspecified atom stereocenters. The number of carbonyl (C=O) groups excluding carboxylic acids is 4. The summed E-state index contributed by atoms with van der Waals surface area (Å²) in [4.78, 5) is 50.5. The van der Waals surface area contributed by atoms with E-state index in [1.165, 1.54) is 7.11 Å². The summed E-state index contributed by atoms with van der Waals surface area (Å²) in [5.41, 5.74) is 2.32. The topological polar surface area (TPSA) is 105 Å². The summed E-state index contributed by atoms with van der Waals surface area (Å²) in [5.74, 6) is -1.68. The first-order chi connectivity index (χ1) is 12.0. The van der Waals surface area contributed by atoms with Crippen molar-refractivity contribution in [3.8, 4) is 5.75 Å². The Morgan fingerprint density at radius 2 is 1.88 bits per heavy atom. The Morgan fingerprint density at radius 3 is 2.60 bits per heavy atom. The van der Waals surface area contributed by atoms with Gasteiger partial charge in [0.25, 0.3) is 11.8 Å². The first-order valence-electron chi connectivity index (χ1n) is 8.18. The Balaban J connectivity index is 1.82. The highest BCUT2D eigenvalue weighted by Crippen LogP contribution is 2.38. The number of amides is 4. The van der Waals surface area contributed by atoms with Crippen LogP contribution in [0.4, 0.5) is 0 Å². The lowest BCUT2D eigenvalue weighted by atomic mass is 9.92. The monoisotopic (exact) mass is 343 g/mol. The first-order valence-corrected chi connectivity index (χ1v) is 8.18. The van der Waals surface area contributed by atoms with Crippen LogP contribution in [0.1, 0.15) is 44.7 Å². The predicted molar refractivity (Wildman–Crippen MR) is 85.1 cm³/mol. The van der Waals surface area contributed by atoms with Crippen LogP contribution in [0.15, 0.2) is 6.07 Å². The highest BCUT2D eigenvalue weighted by Gasteiger charge is 2.47. The van der Waals surface area contributed by atoms with Gasteiger partial charge in [-0.25, -0.2) is 0 Å². The number of piperidine rings is 1. The summed E-state index contributed by atoms with van der Waals surface area (Å²) in [7, 11) is 1.45. The third kappa shape index (κ3) is 2.25. The van der Waals surface area contributed by atoms with Gasteiger partial charge in [-0.3, -0.25) is 29.4 Å². The molecule has 4 rings (SSSR count). The van der Waals surface area contributed by atoms with Gasteiger partial charge in [0.2, 0.25) is 11.8 Å². The number of imide groups is 2. The standard InChI is InChI=1S/C17H17N3O5/c1-25-11-6-8-7-18-5-4-9(8)13-14(11)17(24)20(16(13)23)10-2-3-12(21)19-15(10)22/h6,10,18H,2-5,7H2,1H3,(H,19,21,22). The lowest BCUT2D eigenvalue weighted by Crippen LogP contribution is -2.54. The SMILES string of the molecule is COc1cc2c(c3c1C(=O)N(C1CCC(=O)NC1=O)C3=O)CCNC2. The minimum atomic E-state index is -0.966. The number of nitrogens with zero attached hydrogens (tertiary/aromatic N) is 1. The zero-order valence-electron chi connectivity index (χ0n) is 13.7. The second kappa shape index (κ2) is 5.66. The molecule has 1 fully saturated rings. The number of hydrogen-bond acceptors (Lipinski definition) is 6. The fraction of sp³-hybridized carbons (Fsp3) is 0.412. The van der Waals surface area contributed by atoms with Gasteiger partial charge in [0, 0.05) is 13.0 Å². The van der Waals surface area contributed by atoms with Crippen LogP contribution in [0.3, 0.4) is 0 Å². The molecule has 0 bridgehead atoms. The molecule has 3 aliphatic heterocycles. The molecule has 0 spiro atoms. The van der Waals surface area contributed by atoms with Crippen LogP contribution < -0.4 is 15.4 Å². The molecule has 3 aliphatic rings. The number of ether oxygens (including phenoxy) is 1. The van der Waals surface area contributed by atoms with Crippen molar-refractivity contribution in [3.63, 3.8) is 0 Å². The molecule has 3 heterocycles. The van der Waals surface area contributed by atoms with Crippen molar-refractivity contribution < 1.29 is 23.9 Å². The van der Waals surface area contributed by atoms with Gasteiger partial charge in [0.05, 0.1) is 18.2 Å². The summed E-state index contributed by atoms with van der Waals surface area (Å²) in [5, 5.41) is 5.43. The fourth-order valence-corrected chi connectivity index (χ4v) is 3.79. The van der Waals surface area contributed by atoms with E-state index in [1.54, 1.807) is 6.07 Å². The number of nitrogens with one attached hydrogen (secondary N) is 2. The minimum absolute atomic E-state index is 0.100. The zero-order chi connectivity index (χ0) is 17.7. The van der Waals surface area contributed by atoms with Crippen LogP contribution in [0.5, 0.6) is 5.75 Å². The van der Waals surface area contributed by atoms with Gasteiger partial charge in [-0.1, -0.05) is 0 Å². The quantitative estimate of drug-likeness (QED) is 0.717. The Kier molecular flexibility index (Phi) is 3.57. The third-order valence-electron chi connectivity index (χ3n) is 4.97. The van der Waals surface area contributed by atoms with Gasteiger partial charge in [-0.15, -0.1) is 0 Å². The van der Waals surface area contributed by atoms with Crippen molar-refractivity contribution in [2.45, 2.75) is 31.8 Å². The van der Waals surface area contributed by atoms with Gasteiger partial charge < -0.3 is 10.1 Å². The molecule has 1 atom stereocenters. The highest BCUT2D eigenvalue weighted by molar-refractivity contribution is 6.25. The van der Waals surface area contributed by atoms with E-state index in [9.17, 15) is 19.2 Å². The maximum Gasteiger partial charge on any atom is 0.266 e. The molecule has 0 radical (unpaired) electrons. The molecule has 130 valence electrons. The van der Waals surface area contributed by atoms with Crippen LogP contribution >= 0.6 is 0 Å². The number of hydrogen-bond donors (Lipinski definition) is 2. The first kappa shape index (κ1) is 15.8. The zero-order valence-corrected chi connectivity index (χ0v) is 13.7. The smallest absolute Gasteiger partial charge is 0.266 e. The van der Waals surface area contributed by atoms with Gasteiger partial charge >= 0.3 is 0 Å². The molecule has 4 amide bonds. The Hall–Kier alpha value is -2.74. The molecule has 1 saturated heterocycles. The molecule has 8 heteroatoms. The van der Waals surface area contributed by atoms with Crippen LogP contribution in [0.2, 0.25) is 0 Å². The number of methoxy groups -OCH3 is 1. The fourth-order valence-electron chi connectivity index (χ4n) is 3.79. The van der Waals surface area contributed by atoms with E-state index >= 15 is 0 Å². The van der Waals surface area contributed by atoms with Gasteiger partial charge in [0.1, 0.15) is 11.8 Å². The van der Waals surface area contributed by atoms with E-state index in [-0.39, 0.29) is 24.3 Å². The molecule has 2 N–H and O–H groups in total. The van der Waals surface area contributed by atoms with E-state index in [1.807, 2.05) is 0 Å².